The summed E-state index contributed by atoms with van der Waals surface area (Å²) < 4.78 is 11.1. The molecule has 1 saturated heterocycles. The van der Waals surface area contributed by atoms with Crippen molar-refractivity contribution in [1.29, 1.82) is 0 Å². The number of rotatable bonds is 4. The van der Waals surface area contributed by atoms with E-state index in [1.54, 1.807) is 18.3 Å². The molecule has 3 aromatic rings. The number of nitrogens with zero attached hydrogens (tertiary/aromatic N) is 2. The van der Waals surface area contributed by atoms with E-state index in [1.807, 2.05) is 36.4 Å². The van der Waals surface area contributed by atoms with Crippen LogP contribution in [0, 0.1) is 0 Å². The van der Waals surface area contributed by atoms with Crippen molar-refractivity contribution in [2.45, 2.75) is 26.1 Å². The first kappa shape index (κ1) is 18.3. The Bertz CT molecular complexity index is 928. The number of oxazole rings is 1. The standard InChI is InChI=1S/C22H23N3O3/c1-15-12-25(13-16(2)28-15)20-6-4-3-5-19(20)24-22(26)18-9-7-17(8-10-18)21-11-23-14-27-21/h3-11,14-16H,12-13H2,1-2H3,(H,24,26). The van der Waals surface area contributed by atoms with Crippen molar-refractivity contribution < 1.29 is 13.9 Å². The van der Waals surface area contributed by atoms with Gasteiger partial charge in [0.2, 0.25) is 0 Å². The van der Waals surface area contributed by atoms with Crippen LogP contribution in [0.3, 0.4) is 0 Å². The van der Waals surface area contributed by atoms with Crippen molar-refractivity contribution >= 4 is 17.3 Å². The van der Waals surface area contributed by atoms with Gasteiger partial charge in [0.05, 0.1) is 29.8 Å². The summed E-state index contributed by atoms with van der Waals surface area (Å²) >= 11 is 0. The number of carbonyl (C=O) groups is 1. The molecule has 6 heteroatoms. The van der Waals surface area contributed by atoms with Crippen LogP contribution in [0.1, 0.15) is 24.2 Å². The Kier molecular flexibility index (Phi) is 5.12. The number of para-hydroxylation sites is 2. The van der Waals surface area contributed by atoms with Crippen LogP contribution in [0.15, 0.2) is 65.5 Å². The van der Waals surface area contributed by atoms with Gasteiger partial charge in [-0.25, -0.2) is 4.98 Å². The topological polar surface area (TPSA) is 67.6 Å². The smallest absolute Gasteiger partial charge is 0.255 e. The van der Waals surface area contributed by atoms with Crippen molar-refractivity contribution in [2.75, 3.05) is 23.3 Å². The Morgan fingerprint density at radius 1 is 1.07 bits per heavy atom. The lowest BCUT2D eigenvalue weighted by atomic mass is 10.1. The summed E-state index contributed by atoms with van der Waals surface area (Å²) in [5, 5.41) is 3.05. The molecule has 1 amide bonds. The lowest BCUT2D eigenvalue weighted by Gasteiger charge is -2.37. The average molecular weight is 377 g/mol. The van der Waals surface area contributed by atoms with Crippen LogP contribution < -0.4 is 10.2 Å². The molecule has 144 valence electrons. The Labute approximate surface area is 164 Å². The molecule has 2 unspecified atom stereocenters. The number of aromatic nitrogens is 1. The van der Waals surface area contributed by atoms with Gasteiger partial charge in [0.25, 0.3) is 5.91 Å². The maximum Gasteiger partial charge on any atom is 0.255 e. The summed E-state index contributed by atoms with van der Waals surface area (Å²) in [6.07, 6.45) is 3.34. The van der Waals surface area contributed by atoms with Gasteiger partial charge in [-0.2, -0.15) is 0 Å². The predicted molar refractivity (Wildman–Crippen MR) is 109 cm³/mol. The van der Waals surface area contributed by atoms with Crippen LogP contribution in [-0.2, 0) is 4.74 Å². The van der Waals surface area contributed by atoms with Gasteiger partial charge in [0.15, 0.2) is 12.2 Å². The van der Waals surface area contributed by atoms with Crippen LogP contribution >= 0.6 is 0 Å². The fraction of sp³-hybridized carbons (Fsp3) is 0.273. The van der Waals surface area contributed by atoms with Crippen molar-refractivity contribution in [3.63, 3.8) is 0 Å². The minimum absolute atomic E-state index is 0.147. The zero-order valence-corrected chi connectivity index (χ0v) is 16.0. The summed E-state index contributed by atoms with van der Waals surface area (Å²) in [4.78, 5) is 19.0. The van der Waals surface area contributed by atoms with E-state index in [-0.39, 0.29) is 18.1 Å². The van der Waals surface area contributed by atoms with Gasteiger partial charge in [0.1, 0.15) is 0 Å². The zero-order valence-electron chi connectivity index (χ0n) is 16.0. The number of benzene rings is 2. The molecule has 1 fully saturated rings. The van der Waals surface area contributed by atoms with Gasteiger partial charge in [-0.05, 0) is 38.1 Å². The quantitative estimate of drug-likeness (QED) is 0.738. The molecular weight excluding hydrogens is 354 g/mol. The predicted octanol–water partition coefficient (Wildman–Crippen LogP) is 4.21. The molecule has 0 saturated carbocycles. The Hall–Kier alpha value is -3.12. The summed E-state index contributed by atoms with van der Waals surface area (Å²) in [5.41, 5.74) is 3.27. The highest BCUT2D eigenvalue weighted by Gasteiger charge is 2.24. The van der Waals surface area contributed by atoms with Gasteiger partial charge < -0.3 is 19.4 Å². The van der Waals surface area contributed by atoms with Crippen molar-refractivity contribution in [2.24, 2.45) is 0 Å². The average Bonchev–Trinajstić information content (AvgIpc) is 3.22. The third-order valence-electron chi connectivity index (χ3n) is 4.78. The number of morpholine rings is 1. The van der Waals surface area contributed by atoms with E-state index < -0.39 is 0 Å². The van der Waals surface area contributed by atoms with E-state index in [0.717, 1.165) is 30.0 Å². The van der Waals surface area contributed by atoms with Crippen molar-refractivity contribution in [1.82, 2.24) is 4.98 Å². The monoisotopic (exact) mass is 377 g/mol. The Balaban J connectivity index is 1.52. The van der Waals surface area contributed by atoms with E-state index in [2.05, 4.69) is 29.0 Å². The van der Waals surface area contributed by atoms with Crippen molar-refractivity contribution in [3.8, 4) is 11.3 Å². The number of anilines is 2. The second-order valence-electron chi connectivity index (χ2n) is 7.08. The number of ether oxygens (including phenoxy) is 1. The summed E-state index contributed by atoms with van der Waals surface area (Å²) in [6.45, 7) is 5.73. The Morgan fingerprint density at radius 3 is 2.46 bits per heavy atom. The maximum atomic E-state index is 12.8. The molecule has 0 radical (unpaired) electrons. The first-order valence-corrected chi connectivity index (χ1v) is 9.40. The molecule has 0 bridgehead atoms. The molecule has 6 nitrogen and oxygen atoms in total. The van der Waals surface area contributed by atoms with Gasteiger partial charge in [0, 0.05) is 24.2 Å². The largest absolute Gasteiger partial charge is 0.444 e. The second-order valence-corrected chi connectivity index (χ2v) is 7.08. The number of hydrogen-bond donors (Lipinski definition) is 1. The van der Waals surface area contributed by atoms with E-state index in [9.17, 15) is 4.79 Å². The zero-order chi connectivity index (χ0) is 19.5. The highest BCUT2D eigenvalue weighted by molar-refractivity contribution is 6.06. The van der Waals surface area contributed by atoms with Crippen LogP contribution in [0.4, 0.5) is 11.4 Å². The molecule has 1 aliphatic heterocycles. The van der Waals surface area contributed by atoms with E-state index in [0.29, 0.717) is 11.3 Å². The first-order valence-electron chi connectivity index (χ1n) is 9.40. The molecule has 1 aliphatic rings. The number of nitrogens with one attached hydrogen (secondary N) is 1. The third-order valence-corrected chi connectivity index (χ3v) is 4.78. The van der Waals surface area contributed by atoms with Crippen LogP contribution in [-0.4, -0.2) is 36.2 Å². The maximum absolute atomic E-state index is 12.8. The van der Waals surface area contributed by atoms with Gasteiger partial charge in [-0.1, -0.05) is 24.3 Å². The van der Waals surface area contributed by atoms with Crippen LogP contribution in [0.25, 0.3) is 11.3 Å². The lowest BCUT2D eigenvalue weighted by molar-refractivity contribution is -0.00517. The lowest BCUT2D eigenvalue weighted by Crippen LogP contribution is -2.45. The normalized spacial score (nSPS) is 19.4. The molecule has 2 atom stereocenters. The fourth-order valence-corrected chi connectivity index (χ4v) is 3.57. The summed E-state index contributed by atoms with van der Waals surface area (Å²) in [5.74, 6) is 0.527. The minimum atomic E-state index is -0.147. The van der Waals surface area contributed by atoms with Crippen LogP contribution in [0.2, 0.25) is 0 Å². The molecule has 28 heavy (non-hydrogen) atoms. The van der Waals surface area contributed by atoms with Crippen molar-refractivity contribution in [3.05, 3.63) is 66.7 Å². The molecule has 2 aromatic carbocycles. The van der Waals surface area contributed by atoms with Gasteiger partial charge in [-0.3, -0.25) is 4.79 Å². The molecule has 2 heterocycles. The molecule has 0 aliphatic carbocycles. The SMILES string of the molecule is CC1CN(c2ccccc2NC(=O)c2ccc(-c3cnco3)cc2)CC(C)O1. The van der Waals surface area contributed by atoms with E-state index in [1.165, 1.54) is 6.39 Å². The highest BCUT2D eigenvalue weighted by atomic mass is 16.5. The Morgan fingerprint density at radius 2 is 1.79 bits per heavy atom. The first-order chi connectivity index (χ1) is 13.6. The van der Waals surface area contributed by atoms with Gasteiger partial charge in [-0.15, -0.1) is 0 Å². The third kappa shape index (κ3) is 3.92. The molecule has 1 aromatic heterocycles. The second kappa shape index (κ2) is 7.86. The molecule has 4 rings (SSSR count). The van der Waals surface area contributed by atoms with Crippen LogP contribution in [0.5, 0.6) is 0 Å². The fourth-order valence-electron chi connectivity index (χ4n) is 3.57. The summed E-state index contributed by atoms with van der Waals surface area (Å²) in [6, 6.07) is 15.2. The molecule has 0 spiro atoms. The summed E-state index contributed by atoms with van der Waals surface area (Å²) in [7, 11) is 0. The van der Waals surface area contributed by atoms with E-state index >= 15 is 0 Å². The molecular formula is C22H23N3O3. The number of amides is 1. The van der Waals surface area contributed by atoms with E-state index in [4.69, 9.17) is 9.15 Å². The number of carbonyl (C=O) groups excluding carboxylic acids is 1. The molecule has 1 N–H and O–H groups in total. The highest BCUT2D eigenvalue weighted by Crippen LogP contribution is 2.29. The minimum Gasteiger partial charge on any atom is -0.444 e. The van der Waals surface area contributed by atoms with Gasteiger partial charge >= 0.3 is 0 Å². The number of hydrogen-bond acceptors (Lipinski definition) is 5.